The Morgan fingerprint density at radius 1 is 1.16 bits per heavy atom. The summed E-state index contributed by atoms with van der Waals surface area (Å²) in [5.74, 6) is -10.8. The van der Waals surface area contributed by atoms with Gasteiger partial charge in [0.05, 0.1) is 23.8 Å². The number of nitrogens with two attached hydrogens (primary N) is 1. The maximum atomic E-state index is 15.5. The Hall–Kier alpha value is -3.98. The Labute approximate surface area is 207 Å². The molecule has 1 aromatic carbocycles. The van der Waals surface area contributed by atoms with Gasteiger partial charge in [-0.2, -0.15) is 18.3 Å². The van der Waals surface area contributed by atoms with Crippen LogP contribution in [0.25, 0.3) is 16.8 Å². The summed E-state index contributed by atoms with van der Waals surface area (Å²) in [7, 11) is 0. The molecule has 1 aliphatic carbocycles. The Morgan fingerprint density at radius 2 is 1.84 bits per heavy atom. The molecule has 38 heavy (non-hydrogen) atoms. The van der Waals surface area contributed by atoms with Crippen LogP contribution in [-0.4, -0.2) is 62.5 Å². The molecule has 8 nitrogen and oxygen atoms in total. The fourth-order valence-corrected chi connectivity index (χ4v) is 4.46. The normalized spacial score (nSPS) is 22.6. The van der Waals surface area contributed by atoms with Crippen molar-refractivity contribution in [2.45, 2.75) is 30.7 Å². The van der Waals surface area contributed by atoms with Gasteiger partial charge >= 0.3 is 6.18 Å². The van der Waals surface area contributed by atoms with Crippen LogP contribution >= 0.6 is 0 Å². The molecule has 202 valence electrons. The number of alkyl halides is 6. The molecule has 2 aromatic heterocycles. The molecule has 1 saturated heterocycles. The molecule has 16 heteroatoms. The smallest absolute Gasteiger partial charge is 0.382 e. The highest BCUT2D eigenvalue weighted by molar-refractivity contribution is 5.96. The van der Waals surface area contributed by atoms with Crippen molar-refractivity contribution in [3.05, 3.63) is 47.3 Å². The number of nitrogens with zero attached hydrogens (tertiary/aromatic N) is 4. The summed E-state index contributed by atoms with van der Waals surface area (Å²) in [5.41, 5.74) is 1.14. The number of carbonyl (C=O) groups is 2. The monoisotopic (exact) mass is 548 g/mol. The molecule has 3 atom stereocenters. The highest BCUT2D eigenvalue weighted by atomic mass is 19.4. The zero-order chi connectivity index (χ0) is 27.7. The average molecular weight is 548 g/mol. The van der Waals surface area contributed by atoms with E-state index in [0.717, 1.165) is 17.3 Å². The van der Waals surface area contributed by atoms with Gasteiger partial charge in [0.1, 0.15) is 41.1 Å². The number of nitrogen functional groups attached to an aromatic ring is 1. The van der Waals surface area contributed by atoms with Gasteiger partial charge in [-0.1, -0.05) is 0 Å². The summed E-state index contributed by atoms with van der Waals surface area (Å²) in [6.07, 6.45) is -6.74. The number of rotatable bonds is 4. The van der Waals surface area contributed by atoms with E-state index in [-0.39, 0.29) is 0 Å². The van der Waals surface area contributed by atoms with E-state index in [1.165, 1.54) is 0 Å². The largest absolute Gasteiger partial charge is 0.418 e. The van der Waals surface area contributed by atoms with Crippen LogP contribution in [0.15, 0.2) is 24.5 Å². The molecule has 5 rings (SSSR count). The van der Waals surface area contributed by atoms with Crippen molar-refractivity contribution in [3.8, 4) is 11.3 Å². The highest BCUT2D eigenvalue weighted by Gasteiger charge is 2.63. The molecule has 2 aliphatic rings. The number of fused-ring (bicyclic) bond motifs is 1. The van der Waals surface area contributed by atoms with E-state index in [2.05, 4.69) is 10.1 Å². The first-order chi connectivity index (χ1) is 17.7. The maximum absolute atomic E-state index is 15.5. The minimum atomic E-state index is -4.95. The molecule has 0 radical (unpaired) electrons. The van der Waals surface area contributed by atoms with Gasteiger partial charge in [-0.25, -0.2) is 31.5 Å². The van der Waals surface area contributed by atoms with Crippen LogP contribution < -0.4 is 11.1 Å². The molecule has 0 bridgehead atoms. The minimum Gasteiger partial charge on any atom is -0.382 e. The van der Waals surface area contributed by atoms with Crippen molar-refractivity contribution >= 4 is 23.1 Å². The average Bonchev–Trinajstić information content (AvgIpc) is 3.12. The second-order valence-corrected chi connectivity index (χ2v) is 8.99. The van der Waals surface area contributed by atoms with Gasteiger partial charge in [0, 0.05) is 18.5 Å². The second-order valence-electron chi connectivity index (χ2n) is 8.99. The van der Waals surface area contributed by atoms with Crippen LogP contribution in [0, 0.1) is 17.6 Å². The molecule has 3 heterocycles. The van der Waals surface area contributed by atoms with Crippen molar-refractivity contribution in [1.29, 1.82) is 0 Å². The van der Waals surface area contributed by atoms with Gasteiger partial charge in [-0.3, -0.25) is 9.59 Å². The number of aromatic nitrogens is 3. The first-order valence-corrected chi connectivity index (χ1v) is 11.0. The first kappa shape index (κ1) is 25.7. The van der Waals surface area contributed by atoms with E-state index in [1.54, 1.807) is 0 Å². The Bertz CT molecular complexity index is 1470. The van der Waals surface area contributed by atoms with E-state index in [4.69, 9.17) is 5.73 Å². The Morgan fingerprint density at radius 3 is 2.47 bits per heavy atom. The number of halogens is 8. The highest BCUT2D eigenvalue weighted by Crippen LogP contribution is 2.50. The maximum Gasteiger partial charge on any atom is 0.418 e. The lowest BCUT2D eigenvalue weighted by Crippen LogP contribution is -2.42. The molecule has 3 aromatic rings. The predicted octanol–water partition coefficient (Wildman–Crippen LogP) is 3.21. The third-order valence-corrected chi connectivity index (χ3v) is 6.48. The molecule has 1 saturated carbocycles. The molecule has 2 amide bonds. The van der Waals surface area contributed by atoms with Gasteiger partial charge in [0.25, 0.3) is 11.8 Å². The summed E-state index contributed by atoms with van der Waals surface area (Å²) in [6.45, 7) is -1.13. The number of likely N-dealkylation sites (tertiary alicyclic amines) is 1. The fourth-order valence-electron chi connectivity index (χ4n) is 4.46. The van der Waals surface area contributed by atoms with Crippen LogP contribution in [-0.2, 0) is 11.0 Å². The van der Waals surface area contributed by atoms with Crippen LogP contribution in [0.2, 0.25) is 0 Å². The third-order valence-electron chi connectivity index (χ3n) is 6.48. The minimum absolute atomic E-state index is 0.504. The summed E-state index contributed by atoms with van der Waals surface area (Å²) >= 11 is 0. The lowest BCUT2D eigenvalue weighted by atomic mass is 10.0. The molecule has 1 unspecified atom stereocenters. The van der Waals surface area contributed by atoms with E-state index in [1.807, 2.05) is 5.32 Å². The number of benzene rings is 1. The van der Waals surface area contributed by atoms with E-state index >= 15 is 4.39 Å². The van der Waals surface area contributed by atoms with Gasteiger partial charge < -0.3 is 16.0 Å². The van der Waals surface area contributed by atoms with E-state index in [0.29, 0.717) is 16.6 Å². The zero-order valence-corrected chi connectivity index (χ0v) is 18.9. The summed E-state index contributed by atoms with van der Waals surface area (Å²) in [4.78, 5) is 29.2. The number of amides is 2. The number of hydrogen-bond acceptors (Lipinski definition) is 5. The van der Waals surface area contributed by atoms with Crippen molar-refractivity contribution in [2.24, 2.45) is 5.92 Å². The first-order valence-electron chi connectivity index (χ1n) is 11.0. The van der Waals surface area contributed by atoms with Crippen LogP contribution in [0.1, 0.15) is 22.3 Å². The second kappa shape index (κ2) is 8.52. The molecular weight excluding hydrogens is 532 g/mol. The van der Waals surface area contributed by atoms with Gasteiger partial charge in [0.15, 0.2) is 5.82 Å². The molecule has 0 spiro atoms. The van der Waals surface area contributed by atoms with Crippen LogP contribution in [0.5, 0.6) is 0 Å². The zero-order valence-electron chi connectivity index (χ0n) is 18.9. The standard InChI is InChI=1S/C22H16F8N6O2/c23-11-2-1-8(14-3-9(22(28,29)30)17-18(31)32-7-33-36(14)17)16(25)15(11)19(37)34-13-6-35(5-12(13)24)20(38)10-4-21(10,26)27/h1-3,7,10,12-13H,4-6H2,(H,34,37)(H2,31,32,33)/t10?,12-,13+/m0/s1. The lowest BCUT2D eigenvalue weighted by Gasteiger charge is -2.17. The van der Waals surface area contributed by atoms with Gasteiger partial charge in [-0.15, -0.1) is 0 Å². The Kier molecular flexibility index (Phi) is 5.76. The van der Waals surface area contributed by atoms with E-state index < -0.39 is 107 Å². The van der Waals surface area contributed by atoms with Crippen molar-refractivity contribution in [3.63, 3.8) is 0 Å². The topological polar surface area (TPSA) is 106 Å². The molecular formula is C22H16F8N6O2. The summed E-state index contributed by atoms with van der Waals surface area (Å²) in [6, 6.07) is 0.437. The third kappa shape index (κ3) is 4.16. The summed E-state index contributed by atoms with van der Waals surface area (Å²) in [5, 5.41) is 5.70. The van der Waals surface area contributed by atoms with Crippen LogP contribution in [0.3, 0.4) is 0 Å². The van der Waals surface area contributed by atoms with Crippen molar-refractivity contribution < 1.29 is 44.7 Å². The lowest BCUT2D eigenvalue weighted by molar-refractivity contribution is -0.136. The van der Waals surface area contributed by atoms with Gasteiger partial charge in [0.2, 0.25) is 5.91 Å². The fraction of sp³-hybridized carbons (Fsp3) is 0.364. The summed E-state index contributed by atoms with van der Waals surface area (Å²) < 4.78 is 112. The number of hydrogen-bond donors (Lipinski definition) is 2. The number of anilines is 1. The van der Waals surface area contributed by atoms with Crippen molar-refractivity contribution in [2.75, 3.05) is 18.8 Å². The molecule has 2 fully saturated rings. The number of carbonyl (C=O) groups excluding carboxylic acids is 2. The van der Waals surface area contributed by atoms with Gasteiger partial charge in [-0.05, 0) is 18.2 Å². The molecule has 3 N–H and O–H groups in total. The SMILES string of the molecule is Nc1ncnn2c(-c3ccc(F)c(C(=O)N[C@@H]4CN(C(=O)C5CC5(F)F)C[C@@H]4F)c3F)cc(C(F)(F)F)c12. The predicted molar refractivity (Wildman–Crippen MR) is 114 cm³/mol. The van der Waals surface area contributed by atoms with E-state index in [9.17, 15) is 40.3 Å². The molecule has 1 aliphatic heterocycles. The van der Waals surface area contributed by atoms with Crippen molar-refractivity contribution in [1.82, 2.24) is 24.8 Å². The van der Waals surface area contributed by atoms with Crippen LogP contribution in [0.4, 0.5) is 40.9 Å². The quantitative estimate of drug-likeness (QED) is 0.488. The number of nitrogens with one attached hydrogen (secondary N) is 1. The Balaban J connectivity index is 1.46.